The van der Waals surface area contributed by atoms with E-state index in [0.717, 1.165) is 13.0 Å². The van der Waals surface area contributed by atoms with Crippen molar-refractivity contribution in [3.8, 4) is 0 Å². The summed E-state index contributed by atoms with van der Waals surface area (Å²) in [4.78, 5) is 0. The maximum Gasteiger partial charge on any atom is 0.339 e. The van der Waals surface area contributed by atoms with Gasteiger partial charge in [0, 0.05) is 5.41 Å². The van der Waals surface area contributed by atoms with E-state index < -0.39 is 64.4 Å². The van der Waals surface area contributed by atoms with Crippen molar-refractivity contribution < 1.29 is 35.1 Å². The number of allylic oxidation sites excluding steroid dienone is 2. The molecule has 3 aliphatic rings. The van der Waals surface area contributed by atoms with Crippen molar-refractivity contribution in [2.45, 2.75) is 51.4 Å². The molecule has 0 aliphatic heterocycles. The fraction of sp³-hybridized carbons (Fsp3) is 0.556. The van der Waals surface area contributed by atoms with Crippen molar-refractivity contribution in [1.29, 1.82) is 0 Å². The topological polar surface area (TPSA) is 0 Å². The second-order valence-electron chi connectivity index (χ2n) is 7.48. The zero-order valence-electron chi connectivity index (χ0n) is 14.0. The number of alkyl halides is 4. The summed E-state index contributed by atoms with van der Waals surface area (Å²) in [7, 11) is 0. The molecule has 0 aromatic heterocycles. The summed E-state index contributed by atoms with van der Waals surface area (Å²) < 4.78 is 115. The fourth-order valence-corrected chi connectivity index (χ4v) is 3.95. The van der Waals surface area contributed by atoms with Gasteiger partial charge in [0.2, 0.25) is 0 Å². The Balaban J connectivity index is 2.18. The number of benzene rings is 1. The molecule has 8 heteroatoms. The lowest BCUT2D eigenvalue weighted by molar-refractivity contribution is -0.285. The zero-order valence-corrected chi connectivity index (χ0v) is 14.0. The Labute approximate surface area is 144 Å². The van der Waals surface area contributed by atoms with Crippen LogP contribution in [-0.2, 0) is 5.92 Å². The molecule has 0 unspecified atom stereocenters. The van der Waals surface area contributed by atoms with Gasteiger partial charge in [-0.05, 0) is 44.2 Å². The van der Waals surface area contributed by atoms with Crippen LogP contribution in [0.3, 0.4) is 0 Å². The average molecular weight is 384 g/mol. The molecular weight excluding hydrogens is 368 g/mol. The van der Waals surface area contributed by atoms with Crippen molar-refractivity contribution in [2.75, 3.05) is 0 Å². The molecule has 1 saturated carbocycles. The number of fused-ring (bicyclic) bond motifs is 2. The lowest BCUT2D eigenvalue weighted by Crippen LogP contribution is -2.58. The molecule has 3 aliphatic carbocycles. The molecule has 26 heavy (non-hydrogen) atoms. The summed E-state index contributed by atoms with van der Waals surface area (Å²) in [6.07, 6.45) is -1.88. The highest BCUT2D eigenvalue weighted by Crippen LogP contribution is 2.69. The molecule has 0 spiro atoms. The molecule has 4 rings (SSSR count). The van der Waals surface area contributed by atoms with Gasteiger partial charge in [-0.2, -0.15) is 17.6 Å². The molecule has 1 aromatic rings. The lowest BCUT2D eigenvalue weighted by Gasteiger charge is -2.53. The molecule has 0 radical (unpaired) electrons. The van der Waals surface area contributed by atoms with Crippen molar-refractivity contribution in [1.82, 2.24) is 0 Å². The van der Waals surface area contributed by atoms with Crippen molar-refractivity contribution in [3.05, 3.63) is 46.5 Å². The van der Waals surface area contributed by atoms with E-state index in [1.54, 1.807) is 0 Å². The molecule has 144 valence electrons. The van der Waals surface area contributed by atoms with Crippen LogP contribution in [0.25, 0.3) is 0 Å². The molecule has 2 bridgehead atoms. The Kier molecular flexibility index (Phi) is 4.02. The Morgan fingerprint density at radius 1 is 0.808 bits per heavy atom. The molecule has 0 saturated heterocycles. The van der Waals surface area contributed by atoms with Gasteiger partial charge in [-0.3, -0.25) is 0 Å². The van der Waals surface area contributed by atoms with Crippen LogP contribution in [0, 0.1) is 29.4 Å². The second kappa shape index (κ2) is 5.45. The maximum atomic E-state index is 14.9. The minimum absolute atomic E-state index is 0.233. The zero-order chi connectivity index (χ0) is 19.7. The molecule has 0 nitrogen and oxygen atoms in total. The second-order valence-corrected chi connectivity index (χ2v) is 7.48. The molecule has 0 amide bonds. The van der Waals surface area contributed by atoms with Crippen LogP contribution in [0.1, 0.15) is 43.7 Å². The van der Waals surface area contributed by atoms with Gasteiger partial charge in [-0.15, -0.1) is 0 Å². The van der Waals surface area contributed by atoms with Gasteiger partial charge in [0.1, 0.15) is 11.7 Å². The van der Waals surface area contributed by atoms with E-state index in [0.29, 0.717) is 6.07 Å². The van der Waals surface area contributed by atoms with E-state index in [-0.39, 0.29) is 18.4 Å². The first-order valence-electron chi connectivity index (χ1n) is 8.09. The average Bonchev–Trinajstić information content (AvgIpc) is 2.57. The van der Waals surface area contributed by atoms with E-state index in [1.807, 2.05) is 0 Å². The van der Waals surface area contributed by atoms with Gasteiger partial charge in [-0.1, -0.05) is 13.0 Å². The van der Waals surface area contributed by atoms with Gasteiger partial charge in [0.15, 0.2) is 11.6 Å². The van der Waals surface area contributed by atoms with Gasteiger partial charge in [0.05, 0.1) is 11.0 Å². The van der Waals surface area contributed by atoms with Gasteiger partial charge in [-0.25, -0.2) is 17.6 Å². The Morgan fingerprint density at radius 3 is 1.88 bits per heavy atom. The highest BCUT2D eigenvalue weighted by molar-refractivity contribution is 5.35. The minimum Gasteiger partial charge on any atom is -0.208 e. The molecule has 0 heterocycles. The highest BCUT2D eigenvalue weighted by atomic mass is 19.3. The van der Waals surface area contributed by atoms with Crippen molar-refractivity contribution in [3.63, 3.8) is 0 Å². The smallest absolute Gasteiger partial charge is 0.208 e. The van der Waals surface area contributed by atoms with Crippen LogP contribution in [0.5, 0.6) is 0 Å². The van der Waals surface area contributed by atoms with Crippen LogP contribution in [0.2, 0.25) is 0 Å². The van der Waals surface area contributed by atoms with Crippen LogP contribution in [-0.4, -0.2) is 5.92 Å². The SMILES string of the molecule is Cc1ccc(C(F)(F)C(F)(F)C23CCC(C)(CC2)C(F)=C3F)c(F)c1F. The van der Waals surface area contributed by atoms with E-state index >= 15 is 0 Å². The largest absolute Gasteiger partial charge is 0.339 e. The fourth-order valence-electron chi connectivity index (χ4n) is 3.95. The van der Waals surface area contributed by atoms with E-state index in [2.05, 4.69) is 0 Å². The van der Waals surface area contributed by atoms with Gasteiger partial charge < -0.3 is 0 Å². The van der Waals surface area contributed by atoms with Crippen LogP contribution in [0.4, 0.5) is 35.1 Å². The number of rotatable bonds is 3. The quantitative estimate of drug-likeness (QED) is 0.507. The molecule has 1 fully saturated rings. The summed E-state index contributed by atoms with van der Waals surface area (Å²) >= 11 is 0. The standard InChI is InChI=1S/C18H16F8/c1-9-3-4-10(12(20)11(9)19)17(23,24)18(25,26)16-7-5-15(2,6-8-16)13(21)14(16)22/h3-4H,5-8H2,1-2H3. The predicted molar refractivity (Wildman–Crippen MR) is 78.2 cm³/mol. The molecule has 1 aromatic carbocycles. The first-order chi connectivity index (χ1) is 11.8. The van der Waals surface area contributed by atoms with Crippen LogP contribution >= 0.6 is 0 Å². The maximum absolute atomic E-state index is 14.9. The first kappa shape index (κ1) is 19.2. The Morgan fingerprint density at radius 2 is 1.35 bits per heavy atom. The summed E-state index contributed by atoms with van der Waals surface area (Å²) in [6.45, 7) is 2.42. The first-order valence-corrected chi connectivity index (χ1v) is 8.09. The van der Waals surface area contributed by atoms with Crippen molar-refractivity contribution >= 4 is 0 Å². The third kappa shape index (κ3) is 2.13. The van der Waals surface area contributed by atoms with Crippen molar-refractivity contribution in [2.24, 2.45) is 10.8 Å². The molecular formula is C18H16F8. The van der Waals surface area contributed by atoms with E-state index in [1.165, 1.54) is 6.92 Å². The summed E-state index contributed by atoms with van der Waals surface area (Å²) in [5.74, 6) is -17.5. The minimum atomic E-state index is -5.23. The van der Waals surface area contributed by atoms with Crippen LogP contribution in [0.15, 0.2) is 23.8 Å². The third-order valence-electron chi connectivity index (χ3n) is 5.96. The molecule has 0 atom stereocenters. The molecule has 0 N–H and O–H groups in total. The van der Waals surface area contributed by atoms with E-state index in [9.17, 15) is 35.1 Å². The lowest BCUT2D eigenvalue weighted by atomic mass is 9.54. The van der Waals surface area contributed by atoms with Gasteiger partial charge in [0.25, 0.3) is 0 Å². The van der Waals surface area contributed by atoms with Crippen LogP contribution < -0.4 is 0 Å². The highest BCUT2D eigenvalue weighted by Gasteiger charge is 2.74. The predicted octanol–water partition coefficient (Wildman–Crippen LogP) is 6.73. The summed E-state index contributed by atoms with van der Waals surface area (Å²) in [5.41, 5.74) is -6.58. The summed E-state index contributed by atoms with van der Waals surface area (Å²) in [5, 5.41) is 0. The number of aryl methyl sites for hydroxylation is 1. The third-order valence-corrected chi connectivity index (χ3v) is 5.96. The monoisotopic (exact) mass is 384 g/mol. The van der Waals surface area contributed by atoms with E-state index in [4.69, 9.17) is 0 Å². The van der Waals surface area contributed by atoms with Gasteiger partial charge >= 0.3 is 11.8 Å². The Hall–Kier alpha value is -1.60. The number of halogens is 8. The Bertz CT molecular complexity index is 785. The number of hydrogen-bond donors (Lipinski definition) is 0. The number of hydrogen-bond acceptors (Lipinski definition) is 0. The summed E-state index contributed by atoms with van der Waals surface area (Å²) in [6, 6.07) is 1.09. The normalized spacial score (nSPS) is 29.5.